The maximum absolute atomic E-state index is 3.48. The van der Waals surface area contributed by atoms with E-state index in [1.807, 2.05) is 25.4 Å². The Labute approximate surface area is 100 Å². The number of rotatable bonds is 1. The van der Waals surface area contributed by atoms with Crippen molar-refractivity contribution in [2.45, 2.75) is 0 Å². The van der Waals surface area contributed by atoms with E-state index in [1.54, 1.807) is 0 Å². The molecule has 1 aromatic heterocycles. The van der Waals surface area contributed by atoms with Crippen LogP contribution in [0.3, 0.4) is 0 Å². The van der Waals surface area contributed by atoms with Crippen molar-refractivity contribution in [2.75, 3.05) is 0 Å². The molecule has 0 saturated heterocycles. The number of aryl methyl sites for hydroxylation is 1. The lowest BCUT2D eigenvalue weighted by Crippen LogP contribution is -1.89. The minimum Gasteiger partial charge on any atom is -0.351 e. The molecule has 1 nitrogen and oxygen atoms in total. The highest BCUT2D eigenvalue weighted by atomic mass is 79.9. The van der Waals surface area contributed by atoms with Crippen LogP contribution < -0.4 is 0 Å². The second kappa shape index (κ2) is 3.91. The summed E-state index contributed by atoms with van der Waals surface area (Å²) in [5, 5.41) is 0. The first-order valence-corrected chi connectivity index (χ1v) is 5.83. The highest BCUT2D eigenvalue weighted by molar-refractivity contribution is 9.11. The number of hydrogen-bond acceptors (Lipinski definition) is 0. The Morgan fingerprint density at radius 2 is 1.71 bits per heavy atom. The predicted molar refractivity (Wildman–Crippen MR) is 66.2 cm³/mol. The second-order valence-electron chi connectivity index (χ2n) is 3.16. The Hall–Kier alpha value is -0.540. The smallest absolute Gasteiger partial charge is 0.0478 e. The van der Waals surface area contributed by atoms with Crippen LogP contribution in [0, 0.1) is 0 Å². The number of hydrogen-bond donors (Lipinski definition) is 0. The first-order valence-electron chi connectivity index (χ1n) is 4.24. The van der Waals surface area contributed by atoms with E-state index in [0.29, 0.717) is 0 Å². The molecule has 0 spiro atoms. The zero-order valence-electron chi connectivity index (χ0n) is 7.67. The molecule has 72 valence electrons. The minimum absolute atomic E-state index is 1.09. The van der Waals surface area contributed by atoms with Crippen molar-refractivity contribution in [1.29, 1.82) is 0 Å². The van der Waals surface area contributed by atoms with E-state index >= 15 is 0 Å². The van der Waals surface area contributed by atoms with Crippen molar-refractivity contribution in [2.24, 2.45) is 7.05 Å². The average Bonchev–Trinajstić information content (AvgIpc) is 2.49. The van der Waals surface area contributed by atoms with Gasteiger partial charge in [-0.15, -0.1) is 0 Å². The minimum atomic E-state index is 1.09. The molecule has 3 heteroatoms. The highest BCUT2D eigenvalue weighted by Gasteiger charge is 2.03. The van der Waals surface area contributed by atoms with E-state index in [9.17, 15) is 0 Å². The lowest BCUT2D eigenvalue weighted by atomic mass is 10.1. The Kier molecular flexibility index (Phi) is 2.79. The molecule has 0 atom stereocenters. The van der Waals surface area contributed by atoms with Crippen molar-refractivity contribution >= 4 is 31.9 Å². The van der Waals surface area contributed by atoms with Gasteiger partial charge < -0.3 is 4.57 Å². The summed E-state index contributed by atoms with van der Waals surface area (Å²) in [4.78, 5) is 0. The molecule has 0 aliphatic rings. The van der Waals surface area contributed by atoms with Gasteiger partial charge in [-0.05, 0) is 30.3 Å². The number of benzene rings is 1. The first kappa shape index (κ1) is 9.99. The monoisotopic (exact) mass is 313 g/mol. The van der Waals surface area contributed by atoms with Crippen LogP contribution in [0.2, 0.25) is 0 Å². The van der Waals surface area contributed by atoms with Crippen molar-refractivity contribution in [3.63, 3.8) is 0 Å². The van der Waals surface area contributed by atoms with E-state index in [1.165, 1.54) is 11.3 Å². The van der Waals surface area contributed by atoms with E-state index in [2.05, 4.69) is 54.6 Å². The maximum Gasteiger partial charge on any atom is 0.0478 e. The standard InChI is InChI=1S/C11H9Br2N/c1-14-4-2-3-11(14)8-5-9(12)7-10(13)6-8/h2-7H,1H3. The number of aromatic nitrogens is 1. The summed E-state index contributed by atoms with van der Waals surface area (Å²) < 4.78 is 4.28. The maximum atomic E-state index is 3.48. The lowest BCUT2D eigenvalue weighted by molar-refractivity contribution is 0.937. The fourth-order valence-corrected chi connectivity index (χ4v) is 2.76. The van der Waals surface area contributed by atoms with Crippen LogP contribution in [-0.4, -0.2) is 4.57 Å². The van der Waals surface area contributed by atoms with Gasteiger partial charge in [0.15, 0.2) is 0 Å². The molecule has 0 saturated carbocycles. The molecule has 0 fully saturated rings. The fraction of sp³-hybridized carbons (Fsp3) is 0.0909. The Balaban J connectivity index is 2.57. The van der Waals surface area contributed by atoms with Crippen LogP contribution >= 0.6 is 31.9 Å². The molecule has 2 aromatic rings. The van der Waals surface area contributed by atoms with Crippen LogP contribution in [0.15, 0.2) is 45.5 Å². The van der Waals surface area contributed by atoms with E-state index in [4.69, 9.17) is 0 Å². The quantitative estimate of drug-likeness (QED) is 0.743. The molecule has 1 heterocycles. The van der Waals surface area contributed by atoms with E-state index in [0.717, 1.165) is 8.95 Å². The van der Waals surface area contributed by atoms with Crippen LogP contribution in [0.5, 0.6) is 0 Å². The predicted octanol–water partition coefficient (Wildman–Crippen LogP) is 4.22. The van der Waals surface area contributed by atoms with Gasteiger partial charge in [0.1, 0.15) is 0 Å². The number of halogens is 2. The summed E-state index contributed by atoms with van der Waals surface area (Å²) >= 11 is 6.97. The third kappa shape index (κ3) is 1.93. The van der Waals surface area contributed by atoms with E-state index in [-0.39, 0.29) is 0 Å². The average molecular weight is 315 g/mol. The van der Waals surface area contributed by atoms with Gasteiger partial charge >= 0.3 is 0 Å². The van der Waals surface area contributed by atoms with Crippen molar-refractivity contribution < 1.29 is 0 Å². The molecule has 0 amide bonds. The van der Waals surface area contributed by atoms with Gasteiger partial charge in [0.25, 0.3) is 0 Å². The Bertz CT molecular complexity index is 440. The molecular formula is C11H9Br2N. The highest BCUT2D eigenvalue weighted by Crippen LogP contribution is 2.27. The zero-order chi connectivity index (χ0) is 10.1. The van der Waals surface area contributed by atoms with Crippen LogP contribution in [0.25, 0.3) is 11.3 Å². The van der Waals surface area contributed by atoms with Crippen molar-refractivity contribution in [3.8, 4) is 11.3 Å². The van der Waals surface area contributed by atoms with Crippen LogP contribution in [0.4, 0.5) is 0 Å². The van der Waals surface area contributed by atoms with Gasteiger partial charge in [-0.1, -0.05) is 31.9 Å². The van der Waals surface area contributed by atoms with Crippen LogP contribution in [-0.2, 0) is 7.05 Å². The third-order valence-electron chi connectivity index (χ3n) is 2.10. The van der Waals surface area contributed by atoms with Gasteiger partial charge in [-0.2, -0.15) is 0 Å². The molecule has 0 aliphatic heterocycles. The Morgan fingerprint density at radius 3 is 2.21 bits per heavy atom. The second-order valence-corrected chi connectivity index (χ2v) is 4.99. The SMILES string of the molecule is Cn1cccc1-c1cc(Br)cc(Br)c1. The first-order chi connectivity index (χ1) is 6.66. The van der Waals surface area contributed by atoms with Crippen LogP contribution in [0.1, 0.15) is 0 Å². The van der Waals surface area contributed by atoms with Gasteiger partial charge in [0.05, 0.1) is 0 Å². The zero-order valence-corrected chi connectivity index (χ0v) is 10.8. The number of nitrogens with zero attached hydrogens (tertiary/aromatic N) is 1. The topological polar surface area (TPSA) is 4.93 Å². The fourth-order valence-electron chi connectivity index (χ4n) is 1.46. The lowest BCUT2D eigenvalue weighted by Gasteiger charge is -2.04. The summed E-state index contributed by atoms with van der Waals surface area (Å²) in [6.45, 7) is 0. The largest absolute Gasteiger partial charge is 0.351 e. The summed E-state index contributed by atoms with van der Waals surface area (Å²) in [6.07, 6.45) is 2.05. The third-order valence-corrected chi connectivity index (χ3v) is 3.02. The molecule has 0 unspecified atom stereocenters. The van der Waals surface area contributed by atoms with Gasteiger partial charge in [0.2, 0.25) is 0 Å². The van der Waals surface area contributed by atoms with Gasteiger partial charge in [0, 0.05) is 33.4 Å². The van der Waals surface area contributed by atoms with Crippen molar-refractivity contribution in [1.82, 2.24) is 4.57 Å². The molecular weight excluding hydrogens is 306 g/mol. The van der Waals surface area contributed by atoms with Crippen molar-refractivity contribution in [3.05, 3.63) is 45.5 Å². The summed E-state index contributed by atoms with van der Waals surface area (Å²) in [7, 11) is 2.05. The molecule has 2 rings (SSSR count). The van der Waals surface area contributed by atoms with Gasteiger partial charge in [-0.25, -0.2) is 0 Å². The van der Waals surface area contributed by atoms with Gasteiger partial charge in [-0.3, -0.25) is 0 Å². The molecule has 0 N–H and O–H groups in total. The normalized spacial score (nSPS) is 10.5. The molecule has 0 bridgehead atoms. The molecule has 0 radical (unpaired) electrons. The summed E-state index contributed by atoms with van der Waals surface area (Å²) in [5.41, 5.74) is 2.42. The molecule has 14 heavy (non-hydrogen) atoms. The Morgan fingerprint density at radius 1 is 1.07 bits per heavy atom. The molecule has 0 aliphatic carbocycles. The van der Waals surface area contributed by atoms with E-state index < -0.39 is 0 Å². The summed E-state index contributed by atoms with van der Waals surface area (Å²) in [5.74, 6) is 0. The molecule has 1 aromatic carbocycles. The summed E-state index contributed by atoms with van der Waals surface area (Å²) in [6, 6.07) is 10.4.